The molecule has 2 aromatic rings. The van der Waals surface area contributed by atoms with E-state index in [2.05, 4.69) is 5.32 Å². The molecule has 114 valence electrons. The van der Waals surface area contributed by atoms with E-state index in [1.165, 1.54) is 6.07 Å². The number of carbonyl (C=O) groups excluding carboxylic acids is 1. The molecular weight excluding hydrogens is 431 g/mol. The maximum Gasteiger partial charge on any atom is 0.337 e. The number of carbonyl (C=O) groups is 2. The van der Waals surface area contributed by atoms with Crippen molar-refractivity contribution in [1.29, 1.82) is 0 Å². The second-order valence-electron chi connectivity index (χ2n) is 4.19. The predicted octanol–water partition coefficient (Wildman–Crippen LogP) is 4.48. The summed E-state index contributed by atoms with van der Waals surface area (Å²) in [7, 11) is 0. The van der Waals surface area contributed by atoms with Crippen LogP contribution in [0.1, 0.15) is 20.7 Å². The minimum absolute atomic E-state index is 0.0481. The Kier molecular flexibility index (Phi) is 4.97. The van der Waals surface area contributed by atoms with E-state index in [9.17, 15) is 18.4 Å². The molecule has 0 aliphatic carbocycles. The lowest BCUT2D eigenvalue weighted by atomic mass is 10.1. The van der Waals surface area contributed by atoms with Gasteiger partial charge in [-0.1, -0.05) is 11.6 Å². The lowest BCUT2D eigenvalue weighted by molar-refractivity contribution is 0.0697. The van der Waals surface area contributed by atoms with E-state index in [1.54, 1.807) is 12.1 Å². The first-order chi connectivity index (χ1) is 10.3. The number of hydrogen-bond acceptors (Lipinski definition) is 3. The van der Waals surface area contributed by atoms with Gasteiger partial charge in [-0.2, -0.15) is 0 Å². The number of hydrogen-bond donors (Lipinski definition) is 2. The van der Waals surface area contributed by atoms with Crippen LogP contribution in [-0.2, 0) is 0 Å². The molecule has 22 heavy (non-hydrogen) atoms. The number of nitrogens with one attached hydrogen (secondary N) is 1. The fourth-order valence-electron chi connectivity index (χ4n) is 1.75. The van der Waals surface area contributed by atoms with Crippen LogP contribution in [0.25, 0.3) is 0 Å². The van der Waals surface area contributed by atoms with Crippen LogP contribution in [0.2, 0.25) is 5.02 Å². The molecule has 4 nitrogen and oxygen atoms in total. The monoisotopic (exact) mass is 437 g/mol. The molecule has 0 bridgehead atoms. The fourth-order valence-corrected chi connectivity index (χ4v) is 2.65. The van der Waals surface area contributed by atoms with Gasteiger partial charge in [0.1, 0.15) is 0 Å². The number of rotatable bonds is 4. The Morgan fingerprint density at radius 2 is 1.95 bits per heavy atom. The molecule has 0 unspecified atom stereocenters. The van der Waals surface area contributed by atoms with E-state index in [0.29, 0.717) is 0 Å². The minimum atomic E-state index is -1.51. The van der Waals surface area contributed by atoms with Gasteiger partial charge in [0.2, 0.25) is 0 Å². The van der Waals surface area contributed by atoms with Gasteiger partial charge < -0.3 is 10.4 Å². The third kappa shape index (κ3) is 3.20. The summed E-state index contributed by atoms with van der Waals surface area (Å²) in [5.74, 6) is -4.40. The summed E-state index contributed by atoms with van der Waals surface area (Å²) in [4.78, 5) is 21.9. The van der Waals surface area contributed by atoms with E-state index in [-0.39, 0.29) is 17.0 Å². The van der Waals surface area contributed by atoms with Crippen LogP contribution in [0.15, 0.2) is 24.3 Å². The molecule has 2 N–H and O–H groups in total. The Hall–Kier alpha value is -1.74. The molecule has 0 aliphatic rings. The lowest BCUT2D eigenvalue weighted by Crippen LogP contribution is -2.09. The molecule has 0 fully saturated rings. The zero-order valence-corrected chi connectivity index (χ0v) is 13.6. The van der Waals surface area contributed by atoms with Crippen molar-refractivity contribution in [3.8, 4) is 0 Å². The standard InChI is InChI=1S/C14H7ClF2INO3/c15-9-4-7(18)1-2-10(9)19-13-8(14(21)22)3-6(5-20)11(16)12(13)17/h1-5,19H,(H,21,22). The smallest absolute Gasteiger partial charge is 0.337 e. The molecular formula is C14H7ClF2INO3. The molecule has 0 aliphatic heterocycles. The highest BCUT2D eigenvalue weighted by Crippen LogP contribution is 2.32. The number of anilines is 2. The van der Waals surface area contributed by atoms with Crippen molar-refractivity contribution in [2.24, 2.45) is 0 Å². The van der Waals surface area contributed by atoms with Gasteiger partial charge in [-0.3, -0.25) is 4.79 Å². The van der Waals surface area contributed by atoms with Gasteiger partial charge in [0.25, 0.3) is 0 Å². The van der Waals surface area contributed by atoms with Gasteiger partial charge in [0, 0.05) is 3.57 Å². The van der Waals surface area contributed by atoms with Crippen molar-refractivity contribution in [3.05, 3.63) is 55.6 Å². The van der Waals surface area contributed by atoms with Gasteiger partial charge in [-0.25, -0.2) is 13.6 Å². The van der Waals surface area contributed by atoms with Crippen molar-refractivity contribution in [2.75, 3.05) is 5.32 Å². The Morgan fingerprint density at radius 3 is 2.50 bits per heavy atom. The maximum atomic E-state index is 14.1. The normalized spacial score (nSPS) is 10.4. The van der Waals surface area contributed by atoms with E-state index >= 15 is 0 Å². The van der Waals surface area contributed by atoms with Crippen molar-refractivity contribution >= 4 is 57.8 Å². The number of aldehydes is 1. The third-order valence-corrected chi connectivity index (χ3v) is 3.77. The van der Waals surface area contributed by atoms with Gasteiger partial charge in [-0.15, -0.1) is 0 Å². The Labute approximate surface area is 142 Å². The molecule has 0 aromatic heterocycles. The number of carboxylic acid groups (broad SMARTS) is 1. The molecule has 0 amide bonds. The highest BCUT2D eigenvalue weighted by molar-refractivity contribution is 14.1. The number of aromatic carboxylic acids is 1. The molecule has 2 rings (SSSR count). The van der Waals surface area contributed by atoms with Crippen molar-refractivity contribution in [3.63, 3.8) is 0 Å². The van der Waals surface area contributed by atoms with Crippen LogP contribution in [0.3, 0.4) is 0 Å². The summed E-state index contributed by atoms with van der Waals surface area (Å²) >= 11 is 7.99. The molecule has 2 aromatic carbocycles. The van der Waals surface area contributed by atoms with Crippen LogP contribution >= 0.6 is 34.2 Å². The summed E-state index contributed by atoms with van der Waals surface area (Å²) in [5, 5.41) is 11.8. The zero-order chi connectivity index (χ0) is 16.4. The number of benzene rings is 2. The first kappa shape index (κ1) is 16.6. The molecule has 0 radical (unpaired) electrons. The third-order valence-electron chi connectivity index (χ3n) is 2.78. The number of carboxylic acids is 1. The Morgan fingerprint density at radius 1 is 1.27 bits per heavy atom. The first-order valence-corrected chi connectivity index (χ1v) is 7.23. The minimum Gasteiger partial charge on any atom is -0.478 e. The van der Waals surface area contributed by atoms with Gasteiger partial charge in [0.15, 0.2) is 17.9 Å². The van der Waals surface area contributed by atoms with Crippen molar-refractivity contribution in [1.82, 2.24) is 0 Å². The highest BCUT2D eigenvalue weighted by Gasteiger charge is 2.22. The molecule has 0 heterocycles. The molecule has 0 saturated carbocycles. The van der Waals surface area contributed by atoms with Gasteiger partial charge in [0.05, 0.1) is 27.5 Å². The summed E-state index contributed by atoms with van der Waals surface area (Å²) in [5.41, 5.74) is -1.63. The highest BCUT2D eigenvalue weighted by atomic mass is 127. The Bertz CT molecular complexity index is 783. The lowest BCUT2D eigenvalue weighted by Gasteiger charge is -2.13. The molecule has 0 atom stereocenters. The van der Waals surface area contributed by atoms with Gasteiger partial charge in [-0.05, 0) is 46.9 Å². The zero-order valence-electron chi connectivity index (χ0n) is 10.7. The van der Waals surface area contributed by atoms with Gasteiger partial charge >= 0.3 is 5.97 Å². The summed E-state index contributed by atoms with van der Waals surface area (Å²) in [6.45, 7) is 0. The summed E-state index contributed by atoms with van der Waals surface area (Å²) in [6.07, 6.45) is 0.0481. The number of halogens is 4. The van der Waals surface area contributed by atoms with Crippen LogP contribution in [0, 0.1) is 15.2 Å². The Balaban J connectivity index is 2.61. The topological polar surface area (TPSA) is 66.4 Å². The fraction of sp³-hybridized carbons (Fsp3) is 0. The predicted molar refractivity (Wildman–Crippen MR) is 86.2 cm³/mol. The van der Waals surface area contributed by atoms with E-state index in [4.69, 9.17) is 16.7 Å². The average Bonchev–Trinajstić information content (AvgIpc) is 2.46. The van der Waals surface area contributed by atoms with Crippen LogP contribution in [-0.4, -0.2) is 17.4 Å². The van der Waals surface area contributed by atoms with Crippen LogP contribution in [0.4, 0.5) is 20.2 Å². The molecule has 0 saturated heterocycles. The second kappa shape index (κ2) is 6.57. The maximum absolute atomic E-state index is 14.1. The molecule has 8 heteroatoms. The largest absolute Gasteiger partial charge is 0.478 e. The van der Waals surface area contributed by atoms with Crippen LogP contribution < -0.4 is 5.32 Å². The van der Waals surface area contributed by atoms with Crippen molar-refractivity contribution in [2.45, 2.75) is 0 Å². The molecule has 0 spiro atoms. The SMILES string of the molecule is O=Cc1cc(C(=O)O)c(Nc2ccc(I)cc2Cl)c(F)c1F. The summed E-state index contributed by atoms with van der Waals surface area (Å²) in [6, 6.07) is 5.49. The summed E-state index contributed by atoms with van der Waals surface area (Å²) < 4.78 is 28.6. The van der Waals surface area contributed by atoms with Crippen LogP contribution in [0.5, 0.6) is 0 Å². The average molecular weight is 438 g/mol. The van der Waals surface area contributed by atoms with Crippen molar-refractivity contribution < 1.29 is 23.5 Å². The van der Waals surface area contributed by atoms with E-state index in [1.807, 2.05) is 22.6 Å². The quantitative estimate of drug-likeness (QED) is 0.547. The first-order valence-electron chi connectivity index (χ1n) is 5.77. The van der Waals surface area contributed by atoms with E-state index in [0.717, 1.165) is 9.64 Å². The van der Waals surface area contributed by atoms with E-state index < -0.39 is 34.4 Å². The second-order valence-corrected chi connectivity index (χ2v) is 5.84.